The van der Waals surface area contributed by atoms with E-state index in [2.05, 4.69) is 11.9 Å². The topological polar surface area (TPSA) is 99.9 Å². The molecule has 0 fully saturated rings. The Hall–Kier alpha value is -2.24. The molecule has 1 amide bonds. The van der Waals surface area contributed by atoms with Gasteiger partial charge in [-0.2, -0.15) is 5.26 Å². The Kier molecular flexibility index (Phi) is 5.70. The third kappa shape index (κ3) is 4.19. The number of amides is 1. The first-order valence-corrected chi connectivity index (χ1v) is 9.71. The van der Waals surface area contributed by atoms with Crippen LogP contribution in [-0.4, -0.2) is 19.3 Å². The minimum Gasteiger partial charge on any atom is -0.267 e. The lowest BCUT2D eigenvalue weighted by atomic mass is 10.2. The van der Waals surface area contributed by atoms with Crippen LogP contribution in [0.15, 0.2) is 29.2 Å². The molecule has 1 N–H and O–H groups in total. The lowest BCUT2D eigenvalue weighted by Gasteiger charge is -2.06. The summed E-state index contributed by atoms with van der Waals surface area (Å²) in [6.07, 6.45) is 2.75. The van der Waals surface area contributed by atoms with Gasteiger partial charge in [-0.25, -0.2) is 18.1 Å². The van der Waals surface area contributed by atoms with Gasteiger partial charge in [0.15, 0.2) is 0 Å². The number of hydrogen-bond donors (Lipinski definition) is 1. The molecule has 0 saturated heterocycles. The maximum atomic E-state index is 12.3. The van der Waals surface area contributed by atoms with Crippen LogP contribution in [0.2, 0.25) is 0 Å². The van der Waals surface area contributed by atoms with Crippen LogP contribution in [0.5, 0.6) is 0 Å². The molecule has 0 aliphatic rings. The summed E-state index contributed by atoms with van der Waals surface area (Å²) in [5.74, 6) is -0.699. The quantitative estimate of drug-likeness (QED) is 0.850. The van der Waals surface area contributed by atoms with E-state index in [1.165, 1.54) is 35.6 Å². The molecule has 2 aromatic rings. The van der Waals surface area contributed by atoms with Crippen molar-refractivity contribution in [3.63, 3.8) is 0 Å². The number of aryl methyl sites for hydroxylation is 2. The second-order valence-electron chi connectivity index (χ2n) is 5.20. The van der Waals surface area contributed by atoms with E-state index in [-0.39, 0.29) is 10.5 Å². The van der Waals surface area contributed by atoms with Crippen molar-refractivity contribution in [1.29, 1.82) is 5.26 Å². The Bertz CT molecular complexity index is 896. The maximum absolute atomic E-state index is 12.3. The van der Waals surface area contributed by atoms with E-state index in [0.29, 0.717) is 10.6 Å². The molecule has 1 aromatic heterocycles. The van der Waals surface area contributed by atoms with E-state index in [0.717, 1.165) is 24.3 Å². The van der Waals surface area contributed by atoms with Crippen molar-refractivity contribution in [3.05, 3.63) is 45.4 Å². The van der Waals surface area contributed by atoms with Gasteiger partial charge in [0, 0.05) is 0 Å². The molecule has 8 heteroatoms. The fourth-order valence-corrected chi connectivity index (χ4v) is 4.13. The normalized spacial score (nSPS) is 11.0. The van der Waals surface area contributed by atoms with Gasteiger partial charge < -0.3 is 0 Å². The zero-order chi connectivity index (χ0) is 17.7. The first kappa shape index (κ1) is 18.1. The number of nitriles is 1. The monoisotopic (exact) mass is 363 g/mol. The summed E-state index contributed by atoms with van der Waals surface area (Å²) in [7, 11) is -4.04. The number of carbonyl (C=O) groups excluding carboxylic acids is 1. The highest BCUT2D eigenvalue weighted by atomic mass is 32.2. The molecule has 0 radical (unpaired) electrons. The summed E-state index contributed by atoms with van der Waals surface area (Å²) >= 11 is 1.21. The number of rotatable bonds is 6. The lowest BCUT2D eigenvalue weighted by Crippen LogP contribution is -2.30. The van der Waals surface area contributed by atoms with Crippen molar-refractivity contribution in [2.75, 3.05) is 0 Å². The largest absolute Gasteiger partial charge is 0.276 e. The van der Waals surface area contributed by atoms with Gasteiger partial charge in [-0.3, -0.25) is 4.79 Å². The zero-order valence-corrected chi connectivity index (χ0v) is 15.0. The summed E-state index contributed by atoms with van der Waals surface area (Å²) in [6.45, 7) is 3.75. The average Bonchev–Trinajstić information content (AvgIpc) is 2.93. The molecule has 6 nitrogen and oxygen atoms in total. The van der Waals surface area contributed by atoms with E-state index >= 15 is 0 Å². The molecular formula is C16H17N3O3S2. The van der Waals surface area contributed by atoms with Crippen LogP contribution in [0.4, 0.5) is 0 Å². The van der Waals surface area contributed by atoms with Gasteiger partial charge in [0.2, 0.25) is 0 Å². The Morgan fingerprint density at radius 2 is 2.17 bits per heavy atom. The summed E-state index contributed by atoms with van der Waals surface area (Å²) in [5, 5.41) is 9.68. The van der Waals surface area contributed by atoms with Gasteiger partial charge in [-0.05, 0) is 38.0 Å². The smallest absolute Gasteiger partial charge is 0.267 e. The molecule has 0 saturated carbocycles. The van der Waals surface area contributed by atoms with E-state index in [1.54, 1.807) is 6.92 Å². The molecule has 2 rings (SSSR count). The van der Waals surface area contributed by atoms with Crippen molar-refractivity contribution in [2.24, 2.45) is 0 Å². The standard InChI is InChI=1S/C16H17N3O3S2/c1-3-4-8-14-18-11(2)15(23-14)16(20)19-24(21,22)13-7-5-6-12(9-13)10-17/h5-7,9H,3-4,8H2,1-2H3,(H,19,20). The number of nitrogens with zero attached hydrogens (tertiary/aromatic N) is 2. The van der Waals surface area contributed by atoms with Crippen molar-refractivity contribution < 1.29 is 13.2 Å². The van der Waals surface area contributed by atoms with Crippen molar-refractivity contribution in [3.8, 4) is 6.07 Å². The van der Waals surface area contributed by atoms with Crippen LogP contribution < -0.4 is 4.72 Å². The van der Waals surface area contributed by atoms with Crippen molar-refractivity contribution in [2.45, 2.75) is 38.0 Å². The van der Waals surface area contributed by atoms with Gasteiger partial charge in [0.05, 0.1) is 27.2 Å². The number of benzene rings is 1. The third-order valence-corrected chi connectivity index (χ3v) is 5.84. The highest BCUT2D eigenvalue weighted by Gasteiger charge is 2.22. The molecule has 0 aliphatic carbocycles. The number of aromatic nitrogens is 1. The zero-order valence-electron chi connectivity index (χ0n) is 13.4. The van der Waals surface area contributed by atoms with Crippen molar-refractivity contribution in [1.82, 2.24) is 9.71 Å². The Labute approximate surface area is 145 Å². The fraction of sp³-hybridized carbons (Fsp3) is 0.312. The van der Waals surface area contributed by atoms with Gasteiger partial charge in [0.1, 0.15) is 4.88 Å². The molecule has 0 spiro atoms. The summed E-state index contributed by atoms with van der Waals surface area (Å²) in [6, 6.07) is 7.38. The fourth-order valence-electron chi connectivity index (χ4n) is 2.06. The molecule has 0 unspecified atom stereocenters. The summed E-state index contributed by atoms with van der Waals surface area (Å²) in [5.41, 5.74) is 0.728. The van der Waals surface area contributed by atoms with Gasteiger partial charge in [-0.15, -0.1) is 11.3 Å². The molecule has 126 valence electrons. The van der Waals surface area contributed by atoms with Crippen molar-refractivity contribution >= 4 is 27.3 Å². The number of carbonyl (C=O) groups is 1. The first-order chi connectivity index (χ1) is 11.4. The molecule has 0 aliphatic heterocycles. The van der Waals surface area contributed by atoms with E-state index in [4.69, 9.17) is 5.26 Å². The summed E-state index contributed by atoms with van der Waals surface area (Å²) < 4.78 is 26.7. The minimum atomic E-state index is -4.04. The van der Waals surface area contributed by atoms with E-state index < -0.39 is 15.9 Å². The van der Waals surface area contributed by atoms with Crippen LogP contribution in [0.25, 0.3) is 0 Å². The molecule has 1 heterocycles. The second kappa shape index (κ2) is 7.55. The second-order valence-corrected chi connectivity index (χ2v) is 7.97. The number of sulfonamides is 1. The molecule has 24 heavy (non-hydrogen) atoms. The Morgan fingerprint density at radius 3 is 2.83 bits per heavy atom. The van der Waals surface area contributed by atoms with Crippen LogP contribution in [0, 0.1) is 18.3 Å². The SMILES string of the molecule is CCCCc1nc(C)c(C(=O)NS(=O)(=O)c2cccc(C#N)c2)s1. The van der Waals surface area contributed by atoms with Crippen LogP contribution in [0.3, 0.4) is 0 Å². The Morgan fingerprint density at radius 1 is 1.42 bits per heavy atom. The lowest BCUT2D eigenvalue weighted by molar-refractivity contribution is 0.0984. The highest BCUT2D eigenvalue weighted by molar-refractivity contribution is 7.90. The minimum absolute atomic E-state index is 0.122. The predicted octanol–water partition coefficient (Wildman–Crippen LogP) is 2.78. The summed E-state index contributed by atoms with van der Waals surface area (Å²) in [4.78, 5) is 16.8. The van der Waals surface area contributed by atoms with Crippen LogP contribution >= 0.6 is 11.3 Å². The van der Waals surface area contributed by atoms with Gasteiger partial charge in [-0.1, -0.05) is 19.4 Å². The average molecular weight is 363 g/mol. The Balaban J connectivity index is 2.22. The van der Waals surface area contributed by atoms with Crippen LogP contribution in [-0.2, 0) is 16.4 Å². The van der Waals surface area contributed by atoms with Crippen LogP contribution in [0.1, 0.15) is 45.7 Å². The number of thiazole rings is 1. The molecule has 1 aromatic carbocycles. The predicted molar refractivity (Wildman–Crippen MR) is 91.3 cm³/mol. The molecule has 0 atom stereocenters. The number of nitrogens with one attached hydrogen (secondary N) is 1. The van der Waals surface area contributed by atoms with E-state index in [9.17, 15) is 13.2 Å². The third-order valence-electron chi connectivity index (χ3n) is 3.29. The first-order valence-electron chi connectivity index (χ1n) is 7.41. The highest BCUT2D eigenvalue weighted by Crippen LogP contribution is 2.21. The van der Waals surface area contributed by atoms with E-state index in [1.807, 2.05) is 10.8 Å². The number of unbranched alkanes of at least 4 members (excludes halogenated alkanes) is 1. The molecular weight excluding hydrogens is 346 g/mol. The number of hydrogen-bond acceptors (Lipinski definition) is 6. The van der Waals surface area contributed by atoms with Gasteiger partial charge in [0.25, 0.3) is 15.9 Å². The van der Waals surface area contributed by atoms with Gasteiger partial charge >= 0.3 is 0 Å². The molecule has 0 bridgehead atoms. The maximum Gasteiger partial charge on any atom is 0.276 e.